The van der Waals surface area contributed by atoms with Crippen LogP contribution in [0.25, 0.3) is 0 Å². The fraction of sp³-hybridized carbons (Fsp3) is 0.0714. The zero-order valence-corrected chi connectivity index (χ0v) is 12.6. The number of benzene rings is 2. The molecule has 0 aliphatic heterocycles. The van der Waals surface area contributed by atoms with Crippen molar-refractivity contribution in [3.05, 3.63) is 68.2 Å². The molecule has 0 saturated carbocycles. The molecule has 0 bridgehead atoms. The van der Waals surface area contributed by atoms with Crippen molar-refractivity contribution in [3.8, 4) is 0 Å². The van der Waals surface area contributed by atoms with Gasteiger partial charge in [0.1, 0.15) is 6.61 Å². The molecule has 2 aromatic carbocycles. The summed E-state index contributed by atoms with van der Waals surface area (Å²) < 4.78 is 31.0. The van der Waals surface area contributed by atoms with Gasteiger partial charge in [-0.25, -0.2) is 13.6 Å². The predicted molar refractivity (Wildman–Crippen MR) is 76.9 cm³/mol. The van der Waals surface area contributed by atoms with Crippen molar-refractivity contribution in [1.29, 1.82) is 0 Å². The van der Waals surface area contributed by atoms with Gasteiger partial charge in [0.15, 0.2) is 11.6 Å². The van der Waals surface area contributed by atoms with E-state index < -0.39 is 17.6 Å². The molecule has 2 aromatic rings. The van der Waals surface area contributed by atoms with Crippen molar-refractivity contribution >= 4 is 40.8 Å². The SMILES string of the molecule is O=C(OCc1ccc(Cl)c(Cl)c1)c1cc(F)c(F)cc1Cl. The highest BCUT2D eigenvalue weighted by molar-refractivity contribution is 6.42. The topological polar surface area (TPSA) is 26.3 Å². The molecule has 0 aliphatic carbocycles. The molecule has 2 nitrogen and oxygen atoms in total. The van der Waals surface area contributed by atoms with Crippen LogP contribution in [0.4, 0.5) is 8.78 Å². The Morgan fingerprint density at radius 3 is 2.29 bits per heavy atom. The lowest BCUT2D eigenvalue weighted by atomic mass is 10.2. The molecule has 0 fully saturated rings. The van der Waals surface area contributed by atoms with Crippen LogP contribution in [0, 0.1) is 11.6 Å². The van der Waals surface area contributed by atoms with E-state index in [0.717, 1.165) is 0 Å². The van der Waals surface area contributed by atoms with E-state index >= 15 is 0 Å². The Morgan fingerprint density at radius 2 is 1.62 bits per heavy atom. The van der Waals surface area contributed by atoms with Gasteiger partial charge in [-0.15, -0.1) is 0 Å². The highest BCUT2D eigenvalue weighted by Crippen LogP contribution is 2.24. The van der Waals surface area contributed by atoms with E-state index in [1.807, 2.05) is 0 Å². The molecule has 0 unspecified atom stereocenters. The maximum Gasteiger partial charge on any atom is 0.340 e. The van der Waals surface area contributed by atoms with Gasteiger partial charge in [-0.1, -0.05) is 40.9 Å². The lowest BCUT2D eigenvalue weighted by molar-refractivity contribution is 0.0472. The van der Waals surface area contributed by atoms with Gasteiger partial charge in [-0.3, -0.25) is 0 Å². The highest BCUT2D eigenvalue weighted by Gasteiger charge is 2.16. The number of carbonyl (C=O) groups is 1. The minimum absolute atomic E-state index is 0.106. The Kier molecular flexibility index (Phi) is 5.04. The average molecular weight is 352 g/mol. The number of esters is 1. The van der Waals surface area contributed by atoms with Crippen LogP contribution in [-0.4, -0.2) is 5.97 Å². The average Bonchev–Trinajstić information content (AvgIpc) is 2.44. The monoisotopic (exact) mass is 350 g/mol. The third kappa shape index (κ3) is 3.84. The maximum absolute atomic E-state index is 13.1. The van der Waals surface area contributed by atoms with Crippen molar-refractivity contribution in [2.45, 2.75) is 6.61 Å². The fourth-order valence-corrected chi connectivity index (χ4v) is 2.08. The molecule has 0 aromatic heterocycles. The van der Waals surface area contributed by atoms with Crippen molar-refractivity contribution in [1.82, 2.24) is 0 Å². The molecule has 0 N–H and O–H groups in total. The van der Waals surface area contributed by atoms with Crippen molar-refractivity contribution in [2.24, 2.45) is 0 Å². The van der Waals surface area contributed by atoms with Gasteiger partial charge < -0.3 is 4.74 Å². The Hall–Kier alpha value is -1.36. The molecule has 0 radical (unpaired) electrons. The van der Waals surface area contributed by atoms with Crippen LogP contribution in [-0.2, 0) is 11.3 Å². The van der Waals surface area contributed by atoms with Gasteiger partial charge >= 0.3 is 5.97 Å². The molecule has 0 saturated heterocycles. The van der Waals surface area contributed by atoms with E-state index in [1.54, 1.807) is 12.1 Å². The summed E-state index contributed by atoms with van der Waals surface area (Å²) in [5.74, 6) is -3.19. The maximum atomic E-state index is 13.1. The van der Waals surface area contributed by atoms with Crippen LogP contribution in [0.5, 0.6) is 0 Å². The van der Waals surface area contributed by atoms with E-state index in [0.29, 0.717) is 27.7 Å². The molecule has 0 amide bonds. The fourth-order valence-electron chi connectivity index (χ4n) is 1.54. The summed E-state index contributed by atoms with van der Waals surface area (Å²) in [7, 11) is 0. The van der Waals surface area contributed by atoms with Gasteiger partial charge in [0.25, 0.3) is 0 Å². The second-order valence-electron chi connectivity index (χ2n) is 4.07. The molecule has 0 spiro atoms. The lowest BCUT2D eigenvalue weighted by Gasteiger charge is -2.07. The molecular weight excluding hydrogens is 345 g/mol. The van der Waals surface area contributed by atoms with Gasteiger partial charge in [0.2, 0.25) is 0 Å². The van der Waals surface area contributed by atoms with Crippen molar-refractivity contribution < 1.29 is 18.3 Å². The van der Waals surface area contributed by atoms with E-state index in [1.165, 1.54) is 6.07 Å². The number of hydrogen-bond donors (Lipinski definition) is 0. The molecule has 0 aliphatic rings. The smallest absolute Gasteiger partial charge is 0.340 e. The summed E-state index contributed by atoms with van der Waals surface area (Å²) in [6.07, 6.45) is 0. The lowest BCUT2D eigenvalue weighted by Crippen LogP contribution is -2.07. The Balaban J connectivity index is 2.11. The quantitative estimate of drug-likeness (QED) is 0.555. The van der Waals surface area contributed by atoms with Crippen LogP contribution in [0.1, 0.15) is 15.9 Å². The van der Waals surface area contributed by atoms with E-state index in [2.05, 4.69) is 0 Å². The summed E-state index contributed by atoms with van der Waals surface area (Å²) in [5, 5.41) is 0.458. The molecule has 7 heteroatoms. The van der Waals surface area contributed by atoms with E-state index in [4.69, 9.17) is 39.5 Å². The van der Waals surface area contributed by atoms with Crippen molar-refractivity contribution in [3.63, 3.8) is 0 Å². The Morgan fingerprint density at radius 1 is 0.952 bits per heavy atom. The van der Waals surface area contributed by atoms with Gasteiger partial charge in [0, 0.05) is 0 Å². The summed E-state index contributed by atoms with van der Waals surface area (Å²) in [6.45, 7) is -0.106. The largest absolute Gasteiger partial charge is 0.457 e. The summed E-state index contributed by atoms with van der Waals surface area (Å²) in [6, 6.07) is 6.11. The standard InChI is InChI=1S/C14H7Cl3F2O2/c15-9-2-1-7(3-11(9)17)6-21-14(20)8-4-12(18)13(19)5-10(8)16/h1-5H,6H2. The third-order valence-corrected chi connectivity index (χ3v) is 3.64. The second kappa shape index (κ2) is 6.60. The third-order valence-electron chi connectivity index (χ3n) is 2.58. The summed E-state index contributed by atoms with van der Waals surface area (Å²) in [4.78, 5) is 11.8. The normalized spacial score (nSPS) is 10.5. The molecule has 0 atom stereocenters. The van der Waals surface area contributed by atoms with Crippen LogP contribution < -0.4 is 0 Å². The Labute approximate surface area is 134 Å². The molecular formula is C14H7Cl3F2O2. The minimum Gasteiger partial charge on any atom is -0.457 e. The number of carbonyl (C=O) groups excluding carboxylic acids is 1. The number of hydrogen-bond acceptors (Lipinski definition) is 2. The molecule has 2 rings (SSSR count). The number of rotatable bonds is 3. The summed E-state index contributed by atoms with van der Waals surface area (Å²) >= 11 is 17.3. The van der Waals surface area contributed by atoms with Crippen LogP contribution in [0.15, 0.2) is 30.3 Å². The van der Waals surface area contributed by atoms with E-state index in [9.17, 15) is 13.6 Å². The minimum atomic E-state index is -1.18. The molecule has 21 heavy (non-hydrogen) atoms. The first-order chi connectivity index (χ1) is 9.88. The first-order valence-electron chi connectivity index (χ1n) is 5.64. The van der Waals surface area contributed by atoms with Gasteiger partial charge in [-0.2, -0.15) is 0 Å². The van der Waals surface area contributed by atoms with Crippen LogP contribution in [0.3, 0.4) is 0 Å². The zero-order chi connectivity index (χ0) is 15.6. The number of ether oxygens (including phenoxy) is 1. The Bertz CT molecular complexity index is 705. The highest BCUT2D eigenvalue weighted by atomic mass is 35.5. The first kappa shape index (κ1) is 16.0. The predicted octanol–water partition coefficient (Wildman–Crippen LogP) is 5.28. The van der Waals surface area contributed by atoms with Gasteiger partial charge in [-0.05, 0) is 29.8 Å². The van der Waals surface area contributed by atoms with Crippen LogP contribution >= 0.6 is 34.8 Å². The molecule has 110 valence electrons. The van der Waals surface area contributed by atoms with Crippen molar-refractivity contribution in [2.75, 3.05) is 0 Å². The first-order valence-corrected chi connectivity index (χ1v) is 6.77. The second-order valence-corrected chi connectivity index (χ2v) is 5.29. The number of halogens is 5. The molecule has 0 heterocycles. The zero-order valence-electron chi connectivity index (χ0n) is 10.3. The van der Waals surface area contributed by atoms with Gasteiger partial charge in [0.05, 0.1) is 20.6 Å². The van der Waals surface area contributed by atoms with Crippen LogP contribution in [0.2, 0.25) is 15.1 Å². The van der Waals surface area contributed by atoms with E-state index in [-0.39, 0.29) is 17.2 Å². The summed E-state index contributed by atoms with van der Waals surface area (Å²) in [5.41, 5.74) is 0.340.